The Bertz CT molecular complexity index is 1120. The third kappa shape index (κ3) is 4.23. The summed E-state index contributed by atoms with van der Waals surface area (Å²) in [4.78, 5) is 16.8. The van der Waals surface area contributed by atoms with Crippen molar-refractivity contribution in [2.24, 2.45) is 0 Å². The molecule has 3 aromatic heterocycles. The van der Waals surface area contributed by atoms with Gasteiger partial charge in [-0.05, 0) is 77.5 Å². The molecule has 33 heavy (non-hydrogen) atoms. The fraction of sp³-hybridized carbons (Fsp3) is 0.520. The molecule has 0 radical (unpaired) electrons. The van der Waals surface area contributed by atoms with Gasteiger partial charge in [0.2, 0.25) is 0 Å². The van der Waals surface area contributed by atoms with Crippen molar-refractivity contribution in [2.45, 2.75) is 50.2 Å². The largest absolute Gasteiger partial charge is 0.358 e. The molecule has 8 heteroatoms. The molecule has 3 aromatic rings. The zero-order chi connectivity index (χ0) is 23.1. The van der Waals surface area contributed by atoms with Gasteiger partial charge in [0.25, 0.3) is 0 Å². The minimum Gasteiger partial charge on any atom is -0.358 e. The van der Waals surface area contributed by atoms with Crippen LogP contribution in [-0.2, 0) is 0 Å². The molecular weight excluding hydrogens is 455 g/mol. The Kier molecular flexibility index (Phi) is 6.54. The van der Waals surface area contributed by atoms with Gasteiger partial charge in [-0.1, -0.05) is 29.3 Å². The van der Waals surface area contributed by atoms with Crippen molar-refractivity contribution in [3.05, 3.63) is 58.1 Å². The summed E-state index contributed by atoms with van der Waals surface area (Å²) < 4.78 is 2.14. The molecule has 0 spiro atoms. The van der Waals surface area contributed by atoms with Crippen molar-refractivity contribution >= 4 is 34.7 Å². The van der Waals surface area contributed by atoms with Crippen molar-refractivity contribution in [3.8, 4) is 0 Å². The number of imidazole rings is 1. The number of anilines is 1. The number of aromatic nitrogens is 3. The molecule has 176 valence electrons. The van der Waals surface area contributed by atoms with E-state index in [1.165, 1.54) is 0 Å². The predicted molar refractivity (Wildman–Crippen MR) is 135 cm³/mol. The number of halogens is 2. The number of nitrogens with zero attached hydrogens (tertiary/aromatic N) is 6. The minimum absolute atomic E-state index is 0.126. The van der Waals surface area contributed by atoms with E-state index in [0.29, 0.717) is 6.04 Å². The molecule has 0 bridgehead atoms. The first-order chi connectivity index (χ1) is 16.0. The van der Waals surface area contributed by atoms with E-state index in [9.17, 15) is 0 Å². The lowest BCUT2D eigenvalue weighted by Crippen LogP contribution is -2.42. The SMILES string of the molecule is CN(C)C1CCN(c2cccc3nc([C@H]4CCC[C@@H](c5ncccc5Cl)N4C)c(Cl)n23)CC1. The van der Waals surface area contributed by atoms with Crippen molar-refractivity contribution in [1.29, 1.82) is 0 Å². The second-order valence-corrected chi connectivity index (χ2v) is 10.3. The lowest BCUT2D eigenvalue weighted by molar-refractivity contribution is 0.110. The van der Waals surface area contributed by atoms with Crippen LogP contribution >= 0.6 is 23.2 Å². The van der Waals surface area contributed by atoms with Crippen LogP contribution in [0.15, 0.2) is 36.5 Å². The Hall–Kier alpha value is -1.86. The Labute approximate surface area is 206 Å². The van der Waals surface area contributed by atoms with Gasteiger partial charge in [-0.15, -0.1) is 0 Å². The van der Waals surface area contributed by atoms with E-state index in [1.807, 2.05) is 18.3 Å². The lowest BCUT2D eigenvalue weighted by atomic mass is 9.92. The van der Waals surface area contributed by atoms with Crippen LogP contribution in [-0.4, -0.2) is 64.4 Å². The molecule has 2 aliphatic rings. The number of hydrogen-bond acceptors (Lipinski definition) is 5. The van der Waals surface area contributed by atoms with Crippen LogP contribution in [0.2, 0.25) is 10.2 Å². The van der Waals surface area contributed by atoms with Crippen LogP contribution in [0.3, 0.4) is 0 Å². The van der Waals surface area contributed by atoms with E-state index in [1.54, 1.807) is 0 Å². The zero-order valence-corrected chi connectivity index (χ0v) is 21.1. The number of piperidine rings is 2. The van der Waals surface area contributed by atoms with E-state index in [-0.39, 0.29) is 12.1 Å². The molecule has 5 rings (SSSR count). The summed E-state index contributed by atoms with van der Waals surface area (Å²) in [5, 5.41) is 1.44. The van der Waals surface area contributed by atoms with Gasteiger partial charge in [-0.3, -0.25) is 14.3 Å². The van der Waals surface area contributed by atoms with Crippen LogP contribution < -0.4 is 4.90 Å². The molecule has 2 fully saturated rings. The first kappa shape index (κ1) is 22.9. The van der Waals surface area contributed by atoms with Gasteiger partial charge in [-0.2, -0.15) is 0 Å². The number of likely N-dealkylation sites (tertiary alicyclic amines) is 1. The molecule has 5 heterocycles. The molecule has 0 saturated carbocycles. The van der Waals surface area contributed by atoms with Gasteiger partial charge >= 0.3 is 0 Å². The second kappa shape index (κ2) is 9.41. The van der Waals surface area contributed by atoms with Gasteiger partial charge in [0.05, 0.1) is 28.5 Å². The average molecular weight is 487 g/mol. The van der Waals surface area contributed by atoms with Crippen molar-refractivity contribution in [1.82, 2.24) is 24.2 Å². The Morgan fingerprint density at radius 1 is 0.939 bits per heavy atom. The van der Waals surface area contributed by atoms with Crippen LogP contribution in [0.4, 0.5) is 5.82 Å². The third-order valence-corrected chi connectivity index (χ3v) is 8.15. The summed E-state index contributed by atoms with van der Waals surface area (Å²) in [7, 11) is 6.49. The highest BCUT2D eigenvalue weighted by atomic mass is 35.5. The third-order valence-electron chi connectivity index (χ3n) is 7.47. The molecule has 0 aliphatic carbocycles. The fourth-order valence-corrected chi connectivity index (χ4v) is 6.15. The Balaban J connectivity index is 1.47. The number of hydrogen-bond donors (Lipinski definition) is 0. The van der Waals surface area contributed by atoms with Gasteiger partial charge in [0.1, 0.15) is 16.6 Å². The zero-order valence-electron chi connectivity index (χ0n) is 19.6. The number of fused-ring (bicyclic) bond motifs is 1. The summed E-state index contributed by atoms with van der Waals surface area (Å²) in [6.07, 6.45) is 7.26. The standard InChI is InChI=1S/C25H32Cl2N6/c1-30(2)17-12-15-32(16-13-17)22-11-5-10-21-29-24(25(27)33(21)22)20-9-4-8-19(31(20)3)23-18(26)7-6-14-28-23/h5-7,10-11,14,17,19-20H,4,8-9,12-13,15-16H2,1-3H3/t19-,20+/m0/s1. The summed E-state index contributed by atoms with van der Waals surface area (Å²) in [5.41, 5.74) is 2.80. The summed E-state index contributed by atoms with van der Waals surface area (Å²) in [6, 6.07) is 11.0. The van der Waals surface area contributed by atoms with E-state index in [4.69, 9.17) is 28.2 Å². The van der Waals surface area contributed by atoms with Crippen LogP contribution in [0.5, 0.6) is 0 Å². The molecule has 0 unspecified atom stereocenters. The monoisotopic (exact) mass is 486 g/mol. The maximum atomic E-state index is 7.08. The van der Waals surface area contributed by atoms with E-state index < -0.39 is 0 Å². The molecule has 6 nitrogen and oxygen atoms in total. The quantitative estimate of drug-likeness (QED) is 0.489. The first-order valence-corrected chi connectivity index (χ1v) is 12.6. The Morgan fingerprint density at radius 2 is 1.67 bits per heavy atom. The maximum Gasteiger partial charge on any atom is 0.139 e. The smallest absolute Gasteiger partial charge is 0.139 e. The average Bonchev–Trinajstić information content (AvgIpc) is 3.16. The van der Waals surface area contributed by atoms with Crippen molar-refractivity contribution in [3.63, 3.8) is 0 Å². The van der Waals surface area contributed by atoms with Crippen LogP contribution in [0, 0.1) is 0 Å². The van der Waals surface area contributed by atoms with Crippen LogP contribution in [0.25, 0.3) is 5.65 Å². The van der Waals surface area contributed by atoms with Crippen LogP contribution in [0.1, 0.15) is 55.6 Å². The van der Waals surface area contributed by atoms with Gasteiger partial charge in [-0.25, -0.2) is 4.98 Å². The molecule has 0 amide bonds. The highest BCUT2D eigenvalue weighted by molar-refractivity contribution is 6.31. The van der Waals surface area contributed by atoms with E-state index in [2.05, 4.69) is 63.4 Å². The first-order valence-electron chi connectivity index (χ1n) is 11.9. The van der Waals surface area contributed by atoms with E-state index >= 15 is 0 Å². The summed E-state index contributed by atoms with van der Waals surface area (Å²) in [6.45, 7) is 2.05. The minimum atomic E-state index is 0.126. The van der Waals surface area contributed by atoms with Gasteiger partial charge in [0.15, 0.2) is 0 Å². The molecule has 2 saturated heterocycles. The Morgan fingerprint density at radius 3 is 2.36 bits per heavy atom. The molecular formula is C25H32Cl2N6. The molecule has 2 aliphatic heterocycles. The predicted octanol–water partition coefficient (Wildman–Crippen LogP) is 5.46. The van der Waals surface area contributed by atoms with Gasteiger partial charge < -0.3 is 9.80 Å². The lowest BCUT2D eigenvalue weighted by Gasteiger charge is -2.39. The molecule has 2 atom stereocenters. The highest BCUT2D eigenvalue weighted by Crippen LogP contribution is 2.43. The van der Waals surface area contributed by atoms with Crippen molar-refractivity contribution < 1.29 is 0 Å². The number of pyridine rings is 2. The molecule has 0 N–H and O–H groups in total. The summed E-state index contributed by atoms with van der Waals surface area (Å²) in [5.74, 6) is 1.14. The fourth-order valence-electron chi connectivity index (χ4n) is 5.56. The van der Waals surface area contributed by atoms with Crippen molar-refractivity contribution in [2.75, 3.05) is 39.1 Å². The maximum absolute atomic E-state index is 7.08. The highest BCUT2D eigenvalue weighted by Gasteiger charge is 2.35. The number of rotatable bonds is 4. The second-order valence-electron chi connectivity index (χ2n) is 9.55. The molecule has 0 aromatic carbocycles. The normalized spacial score (nSPS) is 23.0. The van der Waals surface area contributed by atoms with Gasteiger partial charge in [0, 0.05) is 25.3 Å². The van der Waals surface area contributed by atoms with E-state index in [0.717, 1.165) is 78.2 Å². The topological polar surface area (TPSA) is 39.9 Å². The summed E-state index contributed by atoms with van der Waals surface area (Å²) >= 11 is 13.6.